The van der Waals surface area contributed by atoms with E-state index in [0.29, 0.717) is 5.92 Å². The van der Waals surface area contributed by atoms with Gasteiger partial charge in [0.25, 0.3) is 0 Å². The van der Waals surface area contributed by atoms with Crippen molar-refractivity contribution in [2.45, 2.75) is 52.5 Å². The molecular formula is C14H24N2O2. The minimum absolute atomic E-state index is 0.0000898. The van der Waals surface area contributed by atoms with Crippen LogP contribution in [0.15, 0.2) is 0 Å². The third-order valence-corrected chi connectivity index (χ3v) is 4.04. The highest BCUT2D eigenvalue weighted by Crippen LogP contribution is 2.31. The minimum atomic E-state index is -0.320. The fourth-order valence-corrected chi connectivity index (χ4v) is 3.19. The predicted octanol–water partition coefficient (Wildman–Crippen LogP) is 1.55. The van der Waals surface area contributed by atoms with E-state index < -0.39 is 0 Å². The van der Waals surface area contributed by atoms with Gasteiger partial charge in [-0.15, -0.1) is 0 Å². The molecule has 1 aliphatic heterocycles. The van der Waals surface area contributed by atoms with Crippen LogP contribution < -0.4 is 5.32 Å². The fourth-order valence-electron chi connectivity index (χ4n) is 3.19. The Morgan fingerprint density at radius 3 is 2.39 bits per heavy atom. The van der Waals surface area contributed by atoms with E-state index in [4.69, 9.17) is 0 Å². The topological polar surface area (TPSA) is 49.4 Å². The number of carbonyl (C=O) groups excluding carboxylic acids is 2. The number of hydrogen-bond donors (Lipinski definition) is 1. The smallest absolute Gasteiger partial charge is 0.243 e. The van der Waals surface area contributed by atoms with Gasteiger partial charge in [-0.2, -0.15) is 0 Å². The lowest BCUT2D eigenvalue weighted by Crippen LogP contribution is -2.63. The predicted molar refractivity (Wildman–Crippen MR) is 69.9 cm³/mol. The summed E-state index contributed by atoms with van der Waals surface area (Å²) in [7, 11) is 0. The maximum Gasteiger partial charge on any atom is 0.243 e. The Kier molecular flexibility index (Phi) is 3.64. The maximum absolute atomic E-state index is 12.1. The SMILES string of the molecule is CC(C)(C)C1C(=O)NCC(=O)N1CC1CCCC1. The summed E-state index contributed by atoms with van der Waals surface area (Å²) in [5, 5.41) is 2.71. The molecule has 1 aliphatic carbocycles. The molecule has 0 aromatic heterocycles. The van der Waals surface area contributed by atoms with Gasteiger partial charge in [-0.3, -0.25) is 9.59 Å². The highest BCUT2D eigenvalue weighted by atomic mass is 16.2. The third kappa shape index (κ3) is 2.68. The monoisotopic (exact) mass is 252 g/mol. The summed E-state index contributed by atoms with van der Waals surface area (Å²) >= 11 is 0. The normalized spacial score (nSPS) is 26.6. The quantitative estimate of drug-likeness (QED) is 0.810. The van der Waals surface area contributed by atoms with Gasteiger partial charge in [0, 0.05) is 6.54 Å². The number of piperazine rings is 1. The second-order valence-corrected chi connectivity index (χ2v) is 6.68. The first-order chi connectivity index (χ1) is 8.39. The molecule has 1 heterocycles. The third-order valence-electron chi connectivity index (χ3n) is 4.04. The Bertz CT molecular complexity index is 340. The summed E-state index contributed by atoms with van der Waals surface area (Å²) in [4.78, 5) is 26.0. The molecule has 4 nitrogen and oxygen atoms in total. The number of hydrogen-bond acceptors (Lipinski definition) is 2. The molecule has 0 bridgehead atoms. The summed E-state index contributed by atoms with van der Waals surface area (Å²) < 4.78 is 0. The van der Waals surface area contributed by atoms with E-state index in [2.05, 4.69) is 5.32 Å². The van der Waals surface area contributed by atoms with E-state index in [9.17, 15) is 9.59 Å². The molecule has 4 heteroatoms. The molecule has 1 saturated heterocycles. The van der Waals surface area contributed by atoms with Crippen LogP contribution in [0.5, 0.6) is 0 Å². The minimum Gasteiger partial charge on any atom is -0.345 e. The second kappa shape index (κ2) is 4.90. The fraction of sp³-hybridized carbons (Fsp3) is 0.857. The van der Waals surface area contributed by atoms with E-state index in [1.54, 1.807) is 0 Å². The summed E-state index contributed by atoms with van der Waals surface area (Å²) in [6.45, 7) is 7.00. The highest BCUT2D eigenvalue weighted by Gasteiger charge is 2.42. The lowest BCUT2D eigenvalue weighted by atomic mass is 9.83. The van der Waals surface area contributed by atoms with Crippen molar-refractivity contribution in [2.75, 3.05) is 13.1 Å². The van der Waals surface area contributed by atoms with Gasteiger partial charge < -0.3 is 10.2 Å². The Balaban J connectivity index is 2.15. The van der Waals surface area contributed by atoms with Gasteiger partial charge in [0.2, 0.25) is 11.8 Å². The number of nitrogens with one attached hydrogen (secondary N) is 1. The molecule has 2 amide bonds. The van der Waals surface area contributed by atoms with Crippen LogP contribution >= 0.6 is 0 Å². The Morgan fingerprint density at radius 1 is 1.22 bits per heavy atom. The molecule has 1 saturated carbocycles. The standard InChI is InChI=1S/C14H24N2O2/c1-14(2,3)12-13(18)15-8-11(17)16(12)9-10-6-4-5-7-10/h10,12H,4-9H2,1-3H3,(H,15,18). The zero-order valence-electron chi connectivity index (χ0n) is 11.7. The molecule has 1 N–H and O–H groups in total. The number of amides is 2. The second-order valence-electron chi connectivity index (χ2n) is 6.68. The van der Waals surface area contributed by atoms with Gasteiger partial charge in [0.05, 0.1) is 6.54 Å². The van der Waals surface area contributed by atoms with Gasteiger partial charge in [-0.25, -0.2) is 0 Å². The summed E-state index contributed by atoms with van der Waals surface area (Å²) in [6.07, 6.45) is 4.92. The van der Waals surface area contributed by atoms with E-state index in [-0.39, 0.29) is 29.8 Å². The van der Waals surface area contributed by atoms with Crippen molar-refractivity contribution in [1.29, 1.82) is 0 Å². The van der Waals surface area contributed by atoms with Crippen molar-refractivity contribution < 1.29 is 9.59 Å². The van der Waals surface area contributed by atoms with Crippen molar-refractivity contribution in [3.8, 4) is 0 Å². The van der Waals surface area contributed by atoms with Crippen molar-refractivity contribution in [1.82, 2.24) is 10.2 Å². The molecule has 2 fully saturated rings. The first kappa shape index (κ1) is 13.4. The molecule has 2 rings (SSSR count). The molecule has 0 radical (unpaired) electrons. The Labute approximate surface area is 109 Å². The molecular weight excluding hydrogens is 228 g/mol. The zero-order valence-corrected chi connectivity index (χ0v) is 11.7. The van der Waals surface area contributed by atoms with Crippen molar-refractivity contribution in [3.05, 3.63) is 0 Å². The van der Waals surface area contributed by atoms with Crippen LogP contribution in [0.25, 0.3) is 0 Å². The molecule has 1 atom stereocenters. The zero-order chi connectivity index (χ0) is 13.3. The lowest BCUT2D eigenvalue weighted by molar-refractivity contribution is -0.150. The van der Waals surface area contributed by atoms with E-state index in [0.717, 1.165) is 6.54 Å². The van der Waals surface area contributed by atoms with Crippen LogP contribution in [0.3, 0.4) is 0 Å². The lowest BCUT2D eigenvalue weighted by Gasteiger charge is -2.43. The molecule has 18 heavy (non-hydrogen) atoms. The molecule has 102 valence electrons. The van der Waals surface area contributed by atoms with E-state index >= 15 is 0 Å². The maximum atomic E-state index is 12.1. The van der Waals surface area contributed by atoms with Crippen molar-refractivity contribution in [2.24, 2.45) is 11.3 Å². The van der Waals surface area contributed by atoms with Crippen LogP contribution in [-0.4, -0.2) is 35.8 Å². The summed E-state index contributed by atoms with van der Waals surface area (Å²) in [6, 6.07) is -0.320. The molecule has 1 unspecified atom stereocenters. The van der Waals surface area contributed by atoms with Crippen LogP contribution in [0.4, 0.5) is 0 Å². The molecule has 0 aromatic rings. The van der Waals surface area contributed by atoms with Gasteiger partial charge in [-0.05, 0) is 24.2 Å². The van der Waals surface area contributed by atoms with Crippen LogP contribution in [0.2, 0.25) is 0 Å². The number of carbonyl (C=O) groups is 2. The first-order valence-corrected chi connectivity index (χ1v) is 6.97. The van der Waals surface area contributed by atoms with Gasteiger partial charge in [0.1, 0.15) is 6.04 Å². The molecule has 2 aliphatic rings. The summed E-state index contributed by atoms with van der Waals surface area (Å²) in [5.41, 5.74) is -0.210. The molecule has 0 aromatic carbocycles. The van der Waals surface area contributed by atoms with Gasteiger partial charge >= 0.3 is 0 Å². The molecule has 0 spiro atoms. The number of rotatable bonds is 2. The van der Waals surface area contributed by atoms with Gasteiger partial charge in [0.15, 0.2) is 0 Å². The van der Waals surface area contributed by atoms with Gasteiger partial charge in [-0.1, -0.05) is 33.6 Å². The Morgan fingerprint density at radius 2 is 1.83 bits per heavy atom. The average molecular weight is 252 g/mol. The highest BCUT2D eigenvalue weighted by molar-refractivity contribution is 5.95. The van der Waals surface area contributed by atoms with Crippen LogP contribution in [-0.2, 0) is 9.59 Å². The van der Waals surface area contributed by atoms with E-state index in [1.165, 1.54) is 25.7 Å². The first-order valence-electron chi connectivity index (χ1n) is 6.97. The van der Waals surface area contributed by atoms with Crippen molar-refractivity contribution in [3.63, 3.8) is 0 Å². The average Bonchev–Trinajstić information content (AvgIpc) is 2.74. The number of nitrogens with zero attached hydrogens (tertiary/aromatic N) is 1. The largest absolute Gasteiger partial charge is 0.345 e. The summed E-state index contributed by atoms with van der Waals surface area (Å²) in [5.74, 6) is 0.659. The van der Waals surface area contributed by atoms with Crippen LogP contribution in [0.1, 0.15) is 46.5 Å². The Hall–Kier alpha value is -1.06. The van der Waals surface area contributed by atoms with E-state index in [1.807, 2.05) is 25.7 Å². The van der Waals surface area contributed by atoms with Crippen molar-refractivity contribution >= 4 is 11.8 Å². The van der Waals surface area contributed by atoms with Crippen LogP contribution in [0, 0.1) is 11.3 Å².